The van der Waals surface area contributed by atoms with Gasteiger partial charge in [-0.2, -0.15) is 0 Å². The van der Waals surface area contributed by atoms with Gasteiger partial charge < -0.3 is 5.32 Å². The molecule has 0 saturated carbocycles. The summed E-state index contributed by atoms with van der Waals surface area (Å²) in [4.78, 5) is 10.7. The largest absolute Gasteiger partial charge is 0.330 e. The van der Waals surface area contributed by atoms with Gasteiger partial charge in [-0.25, -0.2) is 0 Å². The maximum Gasteiger partial charge on any atom is 0.220 e. The summed E-state index contributed by atoms with van der Waals surface area (Å²) in [5.41, 5.74) is 1.11. The highest BCUT2D eigenvalue weighted by Crippen LogP contribution is 2.21. The molecule has 0 bridgehead atoms. The first-order chi connectivity index (χ1) is 5.20. The monoisotopic (exact) mass is 153 g/mol. The van der Waals surface area contributed by atoms with E-state index in [1.165, 1.54) is 12.8 Å². The van der Waals surface area contributed by atoms with E-state index in [0.717, 1.165) is 12.1 Å². The lowest BCUT2D eigenvalue weighted by molar-refractivity contribution is -0.118. The van der Waals surface area contributed by atoms with E-state index < -0.39 is 0 Å². The molecule has 1 N–H and O–H groups in total. The zero-order valence-electron chi connectivity index (χ0n) is 7.18. The van der Waals surface area contributed by atoms with Crippen molar-refractivity contribution in [3.05, 3.63) is 11.8 Å². The molecule has 0 aliphatic heterocycles. The summed E-state index contributed by atoms with van der Waals surface area (Å²) in [5.74, 6) is 0.581. The Hall–Kier alpha value is -0.790. The molecular formula is C9H15NO. The molecule has 1 atom stereocenters. The third kappa shape index (κ3) is 2.37. The lowest BCUT2D eigenvalue weighted by Gasteiger charge is -2.20. The highest BCUT2D eigenvalue weighted by Gasteiger charge is 2.12. The molecule has 1 aliphatic rings. The Bertz CT molecular complexity index is 184. The molecule has 2 nitrogen and oxygen atoms in total. The number of hydrogen-bond donors (Lipinski definition) is 1. The van der Waals surface area contributed by atoms with Gasteiger partial charge in [0.1, 0.15) is 0 Å². The van der Waals surface area contributed by atoms with Crippen molar-refractivity contribution in [2.24, 2.45) is 5.92 Å². The molecule has 1 aliphatic carbocycles. The van der Waals surface area contributed by atoms with Gasteiger partial charge in [-0.05, 0) is 25.2 Å². The van der Waals surface area contributed by atoms with Crippen LogP contribution in [-0.2, 0) is 4.79 Å². The Balaban J connectivity index is 2.53. The number of carbonyl (C=O) groups excluding carboxylic acids is 1. The summed E-state index contributed by atoms with van der Waals surface area (Å²) in [6.07, 6.45) is 5.70. The average molecular weight is 153 g/mol. The molecule has 11 heavy (non-hydrogen) atoms. The minimum Gasteiger partial charge on any atom is -0.330 e. The number of carbonyl (C=O) groups is 1. The predicted octanol–water partition coefficient (Wildman–Crippen LogP) is 1.83. The van der Waals surface area contributed by atoms with E-state index in [9.17, 15) is 4.79 Å². The fourth-order valence-electron chi connectivity index (χ4n) is 1.42. The molecular weight excluding hydrogens is 138 g/mol. The van der Waals surface area contributed by atoms with Gasteiger partial charge in [0.05, 0.1) is 0 Å². The third-order valence-corrected chi connectivity index (χ3v) is 2.06. The van der Waals surface area contributed by atoms with E-state index in [4.69, 9.17) is 0 Å². The quantitative estimate of drug-likeness (QED) is 0.611. The number of amides is 1. The molecule has 0 spiro atoms. The van der Waals surface area contributed by atoms with Gasteiger partial charge in [-0.3, -0.25) is 4.79 Å². The molecule has 62 valence electrons. The molecule has 0 saturated heterocycles. The fraction of sp³-hybridized carbons (Fsp3) is 0.667. The maximum absolute atomic E-state index is 10.7. The summed E-state index contributed by atoms with van der Waals surface area (Å²) < 4.78 is 0. The van der Waals surface area contributed by atoms with Crippen molar-refractivity contribution < 1.29 is 4.79 Å². The second-order valence-electron chi connectivity index (χ2n) is 3.17. The van der Waals surface area contributed by atoms with E-state index in [-0.39, 0.29) is 5.91 Å². The minimum atomic E-state index is 0.0463. The number of allylic oxidation sites excluding steroid dienone is 2. The first-order valence-electron chi connectivity index (χ1n) is 4.18. The Kier molecular flexibility index (Phi) is 2.69. The zero-order valence-corrected chi connectivity index (χ0v) is 7.18. The number of nitrogens with one attached hydrogen (secondary N) is 1. The topological polar surface area (TPSA) is 29.1 Å². The van der Waals surface area contributed by atoms with E-state index >= 15 is 0 Å². The van der Waals surface area contributed by atoms with Crippen LogP contribution in [0.4, 0.5) is 0 Å². The van der Waals surface area contributed by atoms with Crippen LogP contribution in [0.5, 0.6) is 0 Å². The second-order valence-corrected chi connectivity index (χ2v) is 3.17. The van der Waals surface area contributed by atoms with Crippen LogP contribution < -0.4 is 5.32 Å². The SMILES string of the molecule is CC(=O)NC1=CCCC[C@H]1C. The number of hydrogen-bond acceptors (Lipinski definition) is 1. The summed E-state index contributed by atoms with van der Waals surface area (Å²) in [7, 11) is 0. The predicted molar refractivity (Wildman–Crippen MR) is 44.9 cm³/mol. The average Bonchev–Trinajstić information content (AvgIpc) is 1.93. The van der Waals surface area contributed by atoms with E-state index in [1.54, 1.807) is 6.92 Å². The third-order valence-electron chi connectivity index (χ3n) is 2.06. The summed E-state index contributed by atoms with van der Waals surface area (Å²) in [6, 6.07) is 0. The number of rotatable bonds is 1. The summed E-state index contributed by atoms with van der Waals surface area (Å²) in [6.45, 7) is 3.71. The van der Waals surface area contributed by atoms with Crippen molar-refractivity contribution in [1.82, 2.24) is 5.32 Å². The van der Waals surface area contributed by atoms with Crippen molar-refractivity contribution in [3.8, 4) is 0 Å². The lowest BCUT2D eigenvalue weighted by Crippen LogP contribution is -2.25. The van der Waals surface area contributed by atoms with E-state index in [1.807, 2.05) is 0 Å². The van der Waals surface area contributed by atoms with Crippen LogP contribution >= 0.6 is 0 Å². The van der Waals surface area contributed by atoms with Gasteiger partial charge >= 0.3 is 0 Å². The first kappa shape index (κ1) is 8.31. The molecule has 0 heterocycles. The minimum absolute atomic E-state index is 0.0463. The lowest BCUT2D eigenvalue weighted by atomic mass is 9.94. The Morgan fingerprint density at radius 2 is 2.45 bits per heavy atom. The van der Waals surface area contributed by atoms with Crippen LogP contribution in [0.2, 0.25) is 0 Å². The second kappa shape index (κ2) is 3.56. The fourth-order valence-corrected chi connectivity index (χ4v) is 1.42. The van der Waals surface area contributed by atoms with Crippen molar-refractivity contribution in [2.75, 3.05) is 0 Å². The Morgan fingerprint density at radius 1 is 1.73 bits per heavy atom. The van der Waals surface area contributed by atoms with E-state index in [0.29, 0.717) is 5.92 Å². The highest BCUT2D eigenvalue weighted by atomic mass is 16.1. The molecule has 0 aromatic rings. The first-order valence-corrected chi connectivity index (χ1v) is 4.18. The van der Waals surface area contributed by atoms with Gasteiger partial charge in [0.2, 0.25) is 5.91 Å². The molecule has 0 unspecified atom stereocenters. The maximum atomic E-state index is 10.7. The van der Waals surface area contributed by atoms with Crippen molar-refractivity contribution >= 4 is 5.91 Å². The van der Waals surface area contributed by atoms with Crippen LogP contribution in [0.15, 0.2) is 11.8 Å². The molecule has 1 rings (SSSR count). The van der Waals surface area contributed by atoms with E-state index in [2.05, 4.69) is 18.3 Å². The van der Waals surface area contributed by atoms with Crippen LogP contribution in [-0.4, -0.2) is 5.91 Å². The summed E-state index contributed by atoms with van der Waals surface area (Å²) in [5, 5.41) is 2.85. The molecule has 0 aromatic heterocycles. The van der Waals surface area contributed by atoms with Crippen LogP contribution in [0, 0.1) is 5.92 Å². The Morgan fingerprint density at radius 3 is 3.00 bits per heavy atom. The van der Waals surface area contributed by atoms with Gasteiger partial charge in [-0.15, -0.1) is 0 Å². The van der Waals surface area contributed by atoms with Gasteiger partial charge in [0.15, 0.2) is 0 Å². The van der Waals surface area contributed by atoms with Crippen molar-refractivity contribution in [2.45, 2.75) is 33.1 Å². The van der Waals surface area contributed by atoms with Crippen LogP contribution in [0.25, 0.3) is 0 Å². The smallest absolute Gasteiger partial charge is 0.220 e. The highest BCUT2D eigenvalue weighted by molar-refractivity contribution is 5.74. The summed E-state index contributed by atoms with van der Waals surface area (Å²) >= 11 is 0. The van der Waals surface area contributed by atoms with Crippen molar-refractivity contribution in [1.29, 1.82) is 0 Å². The zero-order chi connectivity index (χ0) is 8.27. The standard InChI is InChI=1S/C9H15NO/c1-7-5-3-4-6-9(7)10-8(2)11/h6-7H,3-5H2,1-2H3,(H,10,11)/t7-/m1/s1. The molecule has 0 fully saturated rings. The van der Waals surface area contributed by atoms with Gasteiger partial charge in [-0.1, -0.05) is 13.0 Å². The van der Waals surface area contributed by atoms with Gasteiger partial charge in [0, 0.05) is 12.6 Å². The molecule has 0 aromatic carbocycles. The molecule has 1 amide bonds. The van der Waals surface area contributed by atoms with Crippen LogP contribution in [0.1, 0.15) is 33.1 Å². The molecule has 2 heteroatoms. The normalized spacial score (nSPS) is 24.2. The van der Waals surface area contributed by atoms with Crippen LogP contribution in [0.3, 0.4) is 0 Å². The van der Waals surface area contributed by atoms with Gasteiger partial charge in [0.25, 0.3) is 0 Å². The molecule has 0 radical (unpaired) electrons. The Labute approximate surface area is 67.7 Å². The van der Waals surface area contributed by atoms with Crippen molar-refractivity contribution in [3.63, 3.8) is 0 Å².